The van der Waals surface area contributed by atoms with Crippen LogP contribution < -0.4 is 0 Å². The van der Waals surface area contributed by atoms with Crippen LogP contribution in [0.5, 0.6) is 0 Å². The standard InChI is InChI=1S/C33H65O10P/c1-3-5-7-9-11-13-14-15-17-19-21-23-25-33(37)43-31(29-42-44(38,39)41-27-30(35)26-34)28-40-32(36)24-22-20-18-16-12-10-8-6-4-2/h30-31,34-35H,3-29H2,1-2H3,(H,38,39)/t30-,31+/m0/s1. The van der Waals surface area contributed by atoms with Crippen molar-refractivity contribution >= 4 is 19.8 Å². The minimum atomic E-state index is -4.59. The van der Waals surface area contributed by atoms with Gasteiger partial charge in [0, 0.05) is 12.8 Å². The van der Waals surface area contributed by atoms with E-state index in [1.807, 2.05) is 0 Å². The molecule has 1 unspecified atom stereocenters. The highest BCUT2D eigenvalue weighted by Gasteiger charge is 2.27. The average molecular weight is 653 g/mol. The van der Waals surface area contributed by atoms with E-state index in [9.17, 15) is 24.2 Å². The first kappa shape index (κ1) is 43.0. The number of phosphoric ester groups is 1. The van der Waals surface area contributed by atoms with E-state index >= 15 is 0 Å². The summed E-state index contributed by atoms with van der Waals surface area (Å²) in [7, 11) is -4.59. The Balaban J connectivity index is 4.40. The summed E-state index contributed by atoms with van der Waals surface area (Å²) in [5, 5.41) is 18.2. The predicted molar refractivity (Wildman–Crippen MR) is 173 cm³/mol. The van der Waals surface area contributed by atoms with Gasteiger partial charge in [0.15, 0.2) is 6.10 Å². The first-order chi connectivity index (χ1) is 21.2. The molecule has 0 rings (SSSR count). The van der Waals surface area contributed by atoms with Crippen LogP contribution in [-0.2, 0) is 32.7 Å². The first-order valence-electron chi connectivity index (χ1n) is 17.5. The van der Waals surface area contributed by atoms with Gasteiger partial charge in [0.2, 0.25) is 0 Å². The molecule has 0 spiro atoms. The third kappa shape index (κ3) is 29.7. The number of hydrogen-bond acceptors (Lipinski definition) is 9. The number of rotatable bonds is 33. The number of carbonyl (C=O) groups is 2. The summed E-state index contributed by atoms with van der Waals surface area (Å²) in [6.45, 7) is 2.34. The van der Waals surface area contributed by atoms with Crippen LogP contribution in [0.3, 0.4) is 0 Å². The Morgan fingerprint density at radius 1 is 0.591 bits per heavy atom. The Bertz CT molecular complexity index is 721. The van der Waals surface area contributed by atoms with Crippen LogP contribution in [0, 0.1) is 0 Å². The SMILES string of the molecule is CCCCCCCCCCCCCCC(=O)O[C@H](COC(=O)CCCCCCCCCCC)COP(=O)(O)OC[C@@H](O)CO. The van der Waals surface area contributed by atoms with Gasteiger partial charge < -0.3 is 24.6 Å². The summed E-state index contributed by atoms with van der Waals surface area (Å²) in [4.78, 5) is 34.6. The molecule has 0 aliphatic carbocycles. The van der Waals surface area contributed by atoms with Crippen LogP contribution in [0.2, 0.25) is 0 Å². The minimum Gasteiger partial charge on any atom is -0.462 e. The molecular formula is C33H65O10P. The molecule has 10 nitrogen and oxygen atoms in total. The zero-order valence-corrected chi connectivity index (χ0v) is 28.8. The highest BCUT2D eigenvalue weighted by molar-refractivity contribution is 7.47. The molecule has 3 atom stereocenters. The summed E-state index contributed by atoms with van der Waals surface area (Å²) < 4.78 is 32.4. The molecule has 0 saturated carbocycles. The maximum absolute atomic E-state index is 12.5. The van der Waals surface area contributed by atoms with Crippen molar-refractivity contribution in [1.29, 1.82) is 0 Å². The second kappa shape index (κ2) is 30.6. The Kier molecular flexibility index (Phi) is 29.9. The number of carbonyl (C=O) groups excluding carboxylic acids is 2. The van der Waals surface area contributed by atoms with Gasteiger partial charge in [-0.15, -0.1) is 0 Å². The Hall–Kier alpha value is -1.03. The molecule has 0 aliphatic heterocycles. The molecule has 0 aromatic carbocycles. The van der Waals surface area contributed by atoms with Crippen LogP contribution in [-0.4, -0.2) is 65.7 Å². The van der Waals surface area contributed by atoms with Gasteiger partial charge in [0.25, 0.3) is 0 Å². The van der Waals surface area contributed by atoms with Gasteiger partial charge in [-0.2, -0.15) is 0 Å². The molecule has 0 aliphatic rings. The van der Waals surface area contributed by atoms with Crippen molar-refractivity contribution in [2.24, 2.45) is 0 Å². The van der Waals surface area contributed by atoms with Crippen LogP contribution >= 0.6 is 7.82 Å². The molecule has 0 bridgehead atoms. The lowest BCUT2D eigenvalue weighted by Gasteiger charge is -2.20. The fourth-order valence-electron chi connectivity index (χ4n) is 4.76. The van der Waals surface area contributed by atoms with Gasteiger partial charge in [0.05, 0.1) is 19.8 Å². The summed E-state index contributed by atoms with van der Waals surface area (Å²) in [6, 6.07) is 0. The summed E-state index contributed by atoms with van der Waals surface area (Å²) in [5.74, 6) is -0.922. The molecule has 0 amide bonds. The van der Waals surface area contributed by atoms with Gasteiger partial charge >= 0.3 is 19.8 Å². The van der Waals surface area contributed by atoms with E-state index < -0.39 is 51.8 Å². The molecule has 262 valence electrons. The zero-order chi connectivity index (χ0) is 32.7. The summed E-state index contributed by atoms with van der Waals surface area (Å²) >= 11 is 0. The van der Waals surface area contributed by atoms with Gasteiger partial charge in [-0.25, -0.2) is 4.57 Å². The molecule has 0 heterocycles. The lowest BCUT2D eigenvalue weighted by Crippen LogP contribution is -2.29. The molecule has 0 fully saturated rings. The van der Waals surface area contributed by atoms with E-state index in [0.717, 1.165) is 38.5 Å². The largest absolute Gasteiger partial charge is 0.472 e. The van der Waals surface area contributed by atoms with E-state index in [1.54, 1.807) is 0 Å². The second-order valence-electron chi connectivity index (χ2n) is 11.9. The summed E-state index contributed by atoms with van der Waals surface area (Å²) in [6.07, 6.45) is 22.3. The molecule has 3 N–H and O–H groups in total. The van der Waals surface area contributed by atoms with Gasteiger partial charge in [-0.3, -0.25) is 18.6 Å². The number of unbranched alkanes of at least 4 members (excludes halogenated alkanes) is 19. The van der Waals surface area contributed by atoms with Gasteiger partial charge in [-0.05, 0) is 12.8 Å². The number of aliphatic hydroxyl groups is 2. The van der Waals surface area contributed by atoms with Crippen LogP contribution in [0.15, 0.2) is 0 Å². The maximum Gasteiger partial charge on any atom is 0.472 e. The third-order valence-electron chi connectivity index (χ3n) is 7.51. The zero-order valence-electron chi connectivity index (χ0n) is 27.9. The van der Waals surface area contributed by atoms with Crippen molar-refractivity contribution in [3.8, 4) is 0 Å². The molecule has 0 aromatic heterocycles. The molecular weight excluding hydrogens is 587 g/mol. The number of esters is 2. The number of aliphatic hydroxyl groups excluding tert-OH is 2. The van der Waals surface area contributed by atoms with Crippen molar-refractivity contribution in [2.75, 3.05) is 26.4 Å². The van der Waals surface area contributed by atoms with Crippen LogP contribution in [0.25, 0.3) is 0 Å². The van der Waals surface area contributed by atoms with Gasteiger partial charge in [-0.1, -0.05) is 136 Å². The van der Waals surface area contributed by atoms with Crippen molar-refractivity contribution in [3.05, 3.63) is 0 Å². The molecule has 11 heteroatoms. The highest BCUT2D eigenvalue weighted by atomic mass is 31.2. The van der Waals surface area contributed by atoms with Crippen LogP contribution in [0.1, 0.15) is 162 Å². The normalized spacial score (nSPS) is 14.2. The minimum absolute atomic E-state index is 0.191. The topological polar surface area (TPSA) is 149 Å². The average Bonchev–Trinajstić information content (AvgIpc) is 3.00. The van der Waals surface area contributed by atoms with E-state index in [2.05, 4.69) is 18.4 Å². The summed E-state index contributed by atoms with van der Waals surface area (Å²) in [5.41, 5.74) is 0. The molecule has 0 aromatic rings. The van der Waals surface area contributed by atoms with E-state index in [-0.39, 0.29) is 19.4 Å². The number of ether oxygens (including phenoxy) is 2. The third-order valence-corrected chi connectivity index (χ3v) is 8.46. The van der Waals surface area contributed by atoms with Crippen molar-refractivity contribution in [1.82, 2.24) is 0 Å². The van der Waals surface area contributed by atoms with Crippen molar-refractivity contribution in [2.45, 2.75) is 174 Å². The van der Waals surface area contributed by atoms with E-state index in [1.165, 1.54) is 83.5 Å². The smallest absolute Gasteiger partial charge is 0.462 e. The quantitative estimate of drug-likeness (QED) is 0.0362. The molecule has 44 heavy (non-hydrogen) atoms. The number of hydrogen-bond donors (Lipinski definition) is 3. The van der Waals surface area contributed by atoms with E-state index in [4.69, 9.17) is 19.1 Å². The predicted octanol–water partition coefficient (Wildman–Crippen LogP) is 7.94. The highest BCUT2D eigenvalue weighted by Crippen LogP contribution is 2.43. The fraction of sp³-hybridized carbons (Fsp3) is 0.939. The van der Waals surface area contributed by atoms with E-state index in [0.29, 0.717) is 12.8 Å². The van der Waals surface area contributed by atoms with Gasteiger partial charge in [0.1, 0.15) is 12.7 Å². The second-order valence-corrected chi connectivity index (χ2v) is 13.4. The Morgan fingerprint density at radius 3 is 1.41 bits per heavy atom. The molecule has 0 saturated heterocycles. The Morgan fingerprint density at radius 2 is 0.977 bits per heavy atom. The number of phosphoric acid groups is 1. The van der Waals surface area contributed by atoms with Crippen LogP contribution in [0.4, 0.5) is 0 Å². The fourth-order valence-corrected chi connectivity index (χ4v) is 5.55. The lowest BCUT2D eigenvalue weighted by molar-refractivity contribution is -0.161. The maximum atomic E-state index is 12.5. The monoisotopic (exact) mass is 652 g/mol. The first-order valence-corrected chi connectivity index (χ1v) is 19.0. The van der Waals surface area contributed by atoms with Crippen molar-refractivity contribution in [3.63, 3.8) is 0 Å². The molecule has 0 radical (unpaired) electrons. The van der Waals surface area contributed by atoms with Crippen molar-refractivity contribution < 1.29 is 47.8 Å². The Labute approximate surface area is 267 Å². The lowest BCUT2D eigenvalue weighted by atomic mass is 10.0.